The van der Waals surface area contributed by atoms with E-state index in [1.165, 1.54) is 29.4 Å². The molecule has 0 radical (unpaired) electrons. The van der Waals surface area contributed by atoms with Gasteiger partial charge in [0.2, 0.25) is 10.0 Å². The highest BCUT2D eigenvalue weighted by Crippen LogP contribution is 2.32. The maximum Gasteiger partial charge on any atom is 0.302 e. The molecule has 1 saturated heterocycles. The van der Waals surface area contributed by atoms with Gasteiger partial charge in [0.15, 0.2) is 4.90 Å². The third-order valence-electron chi connectivity index (χ3n) is 3.79. The SMILES string of the molecule is CC(=O)O[C@@H](C)[C@H]1CCCN1S(=O)(=O)c1ccccc1[N+](=O)[O-]. The highest BCUT2D eigenvalue weighted by Gasteiger charge is 2.41. The molecule has 0 bridgehead atoms. The second kappa shape index (κ2) is 6.63. The first-order valence-corrected chi connectivity index (χ1v) is 8.61. The van der Waals surface area contributed by atoms with Gasteiger partial charge in [-0.1, -0.05) is 12.1 Å². The van der Waals surface area contributed by atoms with E-state index in [9.17, 15) is 23.3 Å². The molecule has 1 aliphatic heterocycles. The van der Waals surface area contributed by atoms with Gasteiger partial charge < -0.3 is 4.74 Å². The molecule has 1 aliphatic rings. The van der Waals surface area contributed by atoms with Crippen molar-refractivity contribution in [1.29, 1.82) is 0 Å². The number of hydrogen-bond acceptors (Lipinski definition) is 6. The molecule has 2 atom stereocenters. The molecule has 0 amide bonds. The van der Waals surface area contributed by atoms with Crippen molar-refractivity contribution in [1.82, 2.24) is 4.31 Å². The minimum atomic E-state index is -4.04. The van der Waals surface area contributed by atoms with E-state index in [2.05, 4.69) is 0 Å². The fourth-order valence-electron chi connectivity index (χ4n) is 2.83. The Kier molecular flexibility index (Phi) is 5.00. The summed E-state index contributed by atoms with van der Waals surface area (Å²) in [5, 5.41) is 11.1. The summed E-state index contributed by atoms with van der Waals surface area (Å²) in [5.74, 6) is -0.493. The Morgan fingerprint density at radius 1 is 1.43 bits per heavy atom. The summed E-state index contributed by atoms with van der Waals surface area (Å²) in [5.41, 5.74) is -0.460. The van der Waals surface area contributed by atoms with Crippen LogP contribution in [0, 0.1) is 10.1 Å². The summed E-state index contributed by atoms with van der Waals surface area (Å²) in [6, 6.07) is 4.72. The van der Waals surface area contributed by atoms with Crippen LogP contribution in [0.15, 0.2) is 29.2 Å². The van der Waals surface area contributed by atoms with Crippen molar-refractivity contribution in [2.45, 2.75) is 43.7 Å². The van der Waals surface area contributed by atoms with Gasteiger partial charge in [-0.05, 0) is 25.8 Å². The first-order chi connectivity index (χ1) is 10.7. The Morgan fingerprint density at radius 2 is 2.09 bits per heavy atom. The van der Waals surface area contributed by atoms with Crippen LogP contribution < -0.4 is 0 Å². The van der Waals surface area contributed by atoms with Gasteiger partial charge in [-0.25, -0.2) is 8.42 Å². The molecule has 23 heavy (non-hydrogen) atoms. The molecule has 0 aromatic heterocycles. The Hall–Kier alpha value is -2.00. The largest absolute Gasteiger partial charge is 0.461 e. The smallest absolute Gasteiger partial charge is 0.302 e. The molecule has 8 nitrogen and oxygen atoms in total. The van der Waals surface area contributed by atoms with Gasteiger partial charge in [0.1, 0.15) is 6.10 Å². The number of carbonyl (C=O) groups excluding carboxylic acids is 1. The number of nitro benzene ring substituents is 1. The molecule has 2 rings (SSSR count). The molecule has 9 heteroatoms. The van der Waals surface area contributed by atoms with Crippen LogP contribution in [0.4, 0.5) is 5.69 Å². The predicted octanol–water partition coefficient (Wildman–Crippen LogP) is 1.70. The number of rotatable bonds is 5. The zero-order chi connectivity index (χ0) is 17.2. The molecule has 0 saturated carbocycles. The van der Waals surface area contributed by atoms with Crippen LogP contribution in [-0.4, -0.2) is 42.3 Å². The van der Waals surface area contributed by atoms with Crippen LogP contribution in [0.25, 0.3) is 0 Å². The molecule has 1 heterocycles. The van der Waals surface area contributed by atoms with Crippen molar-refractivity contribution in [3.63, 3.8) is 0 Å². The average molecular weight is 342 g/mol. The summed E-state index contributed by atoms with van der Waals surface area (Å²) in [7, 11) is -4.04. The minimum absolute atomic E-state index is 0.241. The van der Waals surface area contributed by atoms with Crippen LogP contribution in [0.2, 0.25) is 0 Å². The summed E-state index contributed by atoms with van der Waals surface area (Å²) < 4.78 is 32.0. The van der Waals surface area contributed by atoms with E-state index in [-0.39, 0.29) is 11.4 Å². The predicted molar refractivity (Wildman–Crippen MR) is 81.2 cm³/mol. The van der Waals surface area contributed by atoms with E-state index in [0.29, 0.717) is 12.8 Å². The lowest BCUT2D eigenvalue weighted by Crippen LogP contribution is -2.43. The zero-order valence-corrected chi connectivity index (χ0v) is 13.7. The first-order valence-electron chi connectivity index (χ1n) is 7.17. The Balaban J connectivity index is 2.39. The van der Waals surface area contributed by atoms with Crippen molar-refractivity contribution in [2.75, 3.05) is 6.54 Å². The number of sulfonamides is 1. The van der Waals surface area contributed by atoms with Gasteiger partial charge >= 0.3 is 5.97 Å². The van der Waals surface area contributed by atoms with Crippen molar-refractivity contribution in [2.24, 2.45) is 0 Å². The molecule has 0 aliphatic carbocycles. The Morgan fingerprint density at radius 3 is 2.70 bits per heavy atom. The fraction of sp³-hybridized carbons (Fsp3) is 0.500. The monoisotopic (exact) mass is 342 g/mol. The van der Waals surface area contributed by atoms with E-state index in [1.54, 1.807) is 6.92 Å². The number of carbonyl (C=O) groups is 1. The van der Waals surface area contributed by atoms with Gasteiger partial charge in [0.25, 0.3) is 5.69 Å². The van der Waals surface area contributed by atoms with Gasteiger partial charge in [-0.2, -0.15) is 4.31 Å². The molecular formula is C14H18N2O6S. The maximum absolute atomic E-state index is 12.8. The third kappa shape index (κ3) is 3.50. The molecule has 1 fully saturated rings. The minimum Gasteiger partial charge on any atom is -0.461 e. The lowest BCUT2D eigenvalue weighted by Gasteiger charge is -2.28. The highest BCUT2D eigenvalue weighted by atomic mass is 32.2. The van der Waals surface area contributed by atoms with Gasteiger partial charge in [0.05, 0.1) is 11.0 Å². The molecular weight excluding hydrogens is 324 g/mol. The van der Waals surface area contributed by atoms with Gasteiger partial charge in [0, 0.05) is 19.5 Å². The average Bonchev–Trinajstić information content (AvgIpc) is 2.96. The van der Waals surface area contributed by atoms with Crippen LogP contribution in [0.5, 0.6) is 0 Å². The highest BCUT2D eigenvalue weighted by molar-refractivity contribution is 7.89. The zero-order valence-electron chi connectivity index (χ0n) is 12.8. The second-order valence-corrected chi connectivity index (χ2v) is 7.22. The molecule has 1 aromatic rings. The first kappa shape index (κ1) is 17.4. The fourth-order valence-corrected chi connectivity index (χ4v) is 4.74. The van der Waals surface area contributed by atoms with Crippen LogP contribution in [-0.2, 0) is 19.6 Å². The maximum atomic E-state index is 12.8. The normalized spacial score (nSPS) is 20.2. The van der Waals surface area contributed by atoms with E-state index in [4.69, 9.17) is 4.74 Å². The van der Waals surface area contributed by atoms with Crippen molar-refractivity contribution >= 4 is 21.7 Å². The number of ether oxygens (including phenoxy) is 1. The number of esters is 1. The summed E-state index contributed by atoms with van der Waals surface area (Å²) in [4.78, 5) is 21.1. The second-order valence-electron chi connectivity index (χ2n) is 5.36. The topological polar surface area (TPSA) is 107 Å². The Labute approximate surface area is 134 Å². The number of para-hydroxylation sites is 1. The van der Waals surface area contributed by atoms with Crippen LogP contribution in [0.1, 0.15) is 26.7 Å². The summed E-state index contributed by atoms with van der Waals surface area (Å²) in [6.45, 7) is 3.12. The quantitative estimate of drug-likeness (QED) is 0.458. The molecule has 1 aromatic carbocycles. The van der Waals surface area contributed by atoms with Crippen molar-refractivity contribution < 1.29 is 22.9 Å². The summed E-state index contributed by atoms with van der Waals surface area (Å²) >= 11 is 0. The van der Waals surface area contributed by atoms with Crippen molar-refractivity contribution in [3.05, 3.63) is 34.4 Å². The van der Waals surface area contributed by atoms with E-state index in [1.807, 2.05) is 0 Å². The number of hydrogen-bond donors (Lipinski definition) is 0. The lowest BCUT2D eigenvalue weighted by atomic mass is 10.1. The van der Waals surface area contributed by atoms with Gasteiger partial charge in [-0.15, -0.1) is 0 Å². The number of benzene rings is 1. The van der Waals surface area contributed by atoms with Crippen molar-refractivity contribution in [3.8, 4) is 0 Å². The van der Waals surface area contributed by atoms with Gasteiger partial charge in [-0.3, -0.25) is 14.9 Å². The Bertz CT molecular complexity index is 718. The molecule has 126 valence electrons. The standard InChI is InChI=1S/C14H18N2O6S/c1-10(22-11(2)17)12-7-5-9-15(12)23(20,21)14-8-4-3-6-13(14)16(18)19/h3-4,6,8,10,12H,5,7,9H2,1-2H3/t10-,12+/m0/s1. The molecule has 0 N–H and O–H groups in total. The van der Waals surface area contributed by atoms with Crippen LogP contribution in [0.3, 0.4) is 0 Å². The number of nitrogens with zero attached hydrogens (tertiary/aromatic N) is 2. The summed E-state index contributed by atoms with van der Waals surface area (Å²) in [6.07, 6.45) is 0.525. The third-order valence-corrected chi connectivity index (χ3v) is 5.76. The molecule has 0 spiro atoms. The lowest BCUT2D eigenvalue weighted by molar-refractivity contribution is -0.387. The van der Waals surface area contributed by atoms with E-state index in [0.717, 1.165) is 6.07 Å². The van der Waals surface area contributed by atoms with Crippen LogP contribution >= 0.6 is 0 Å². The van der Waals surface area contributed by atoms with E-state index < -0.39 is 38.7 Å². The molecule has 0 unspecified atom stereocenters. The number of nitro groups is 1. The van der Waals surface area contributed by atoms with E-state index >= 15 is 0 Å².